The standard InChI is InChI=1S/C24H38N7O17P3S/c1-4-15(33)52-8-7-26-14(32)5-6-27-22(36)19(35)24(2,3)10-45-51(42,43)48-50(40,41)44-9-13-18(47-49(37,38)39)17(34)23(46-13)31-12-30-16-20(25)28-11-29-21(16)31/h4,11-13,17-19,23,34-35H,1,5-10H2,2-3H3,(H,26,32)(H,27,36)(H,40,41)(H,42,43)(H2,25,28,29)(H2,37,38,39)/t13-,17-,18-,19+,23-/m1/s1. The van der Waals surface area contributed by atoms with Gasteiger partial charge in [0.15, 0.2) is 17.7 Å². The molecule has 0 bridgehead atoms. The lowest BCUT2D eigenvalue weighted by molar-refractivity contribution is -0.137. The van der Waals surface area contributed by atoms with Gasteiger partial charge in [0.1, 0.15) is 36.3 Å². The smallest absolute Gasteiger partial charge is 0.386 e. The first kappa shape index (κ1) is 43.7. The molecule has 0 spiro atoms. The van der Waals surface area contributed by atoms with Gasteiger partial charge in [-0.15, -0.1) is 0 Å². The summed E-state index contributed by atoms with van der Waals surface area (Å²) in [6.07, 6.45) is -5.79. The van der Waals surface area contributed by atoms with E-state index in [1.54, 1.807) is 0 Å². The maximum atomic E-state index is 12.6. The largest absolute Gasteiger partial charge is 0.481 e. The molecule has 24 nitrogen and oxygen atoms in total. The first-order valence-electron chi connectivity index (χ1n) is 14.7. The van der Waals surface area contributed by atoms with E-state index in [9.17, 15) is 57.9 Å². The number of carbonyl (C=O) groups is 3. The van der Waals surface area contributed by atoms with E-state index in [1.165, 1.54) is 13.8 Å². The van der Waals surface area contributed by atoms with E-state index in [0.717, 1.165) is 35.1 Å². The molecule has 0 aliphatic carbocycles. The molecule has 0 aromatic carbocycles. The number of hydrogen-bond donors (Lipinski definition) is 9. The molecule has 2 unspecified atom stereocenters. The number of phosphoric acid groups is 3. The van der Waals surface area contributed by atoms with E-state index in [4.69, 9.17) is 19.5 Å². The molecule has 0 saturated carbocycles. The Morgan fingerprint density at radius 1 is 1.12 bits per heavy atom. The van der Waals surface area contributed by atoms with Gasteiger partial charge < -0.3 is 50.9 Å². The number of nitrogens with zero attached hydrogens (tertiary/aromatic N) is 4. The third-order valence-electron chi connectivity index (χ3n) is 6.91. The predicted octanol–water partition coefficient (Wildman–Crippen LogP) is -1.15. The zero-order valence-corrected chi connectivity index (χ0v) is 30.9. The van der Waals surface area contributed by atoms with Crippen molar-refractivity contribution < 1.29 is 80.5 Å². The number of thioether (sulfide) groups is 1. The summed E-state index contributed by atoms with van der Waals surface area (Å²) < 4.78 is 61.9. The summed E-state index contributed by atoms with van der Waals surface area (Å²) in [4.78, 5) is 86.3. The van der Waals surface area contributed by atoms with E-state index in [2.05, 4.69) is 41.0 Å². The van der Waals surface area contributed by atoms with Gasteiger partial charge in [0.2, 0.25) is 16.9 Å². The maximum absolute atomic E-state index is 12.6. The summed E-state index contributed by atoms with van der Waals surface area (Å²) in [6.45, 7) is 3.77. The number of fused-ring (bicyclic) bond motifs is 1. The number of anilines is 1. The number of amides is 2. The summed E-state index contributed by atoms with van der Waals surface area (Å²) >= 11 is 0.952. The van der Waals surface area contributed by atoms with Crippen molar-refractivity contribution in [1.82, 2.24) is 30.2 Å². The third kappa shape index (κ3) is 12.7. The molecule has 28 heteroatoms. The summed E-state index contributed by atoms with van der Waals surface area (Å²) in [7, 11) is -16.4. The quantitative estimate of drug-likeness (QED) is 0.0432. The van der Waals surface area contributed by atoms with Gasteiger partial charge in [-0.3, -0.25) is 32.5 Å². The normalized spacial score (nSPS) is 22.3. The van der Waals surface area contributed by atoms with Crippen LogP contribution in [0.2, 0.25) is 0 Å². The van der Waals surface area contributed by atoms with E-state index in [1.807, 2.05) is 0 Å². The highest BCUT2D eigenvalue weighted by Gasteiger charge is 2.50. The summed E-state index contributed by atoms with van der Waals surface area (Å²) in [5.41, 5.74) is 4.25. The molecule has 2 aromatic rings. The lowest BCUT2D eigenvalue weighted by Crippen LogP contribution is -2.46. The molecule has 10 N–H and O–H groups in total. The number of aliphatic hydroxyl groups excluding tert-OH is 2. The lowest BCUT2D eigenvalue weighted by atomic mass is 9.87. The Balaban J connectivity index is 1.54. The van der Waals surface area contributed by atoms with E-state index >= 15 is 0 Å². The number of carbonyl (C=O) groups excluding carboxylic acids is 3. The van der Waals surface area contributed by atoms with Crippen molar-refractivity contribution in [2.75, 3.05) is 37.8 Å². The van der Waals surface area contributed by atoms with Crippen LogP contribution in [0.3, 0.4) is 0 Å². The van der Waals surface area contributed by atoms with E-state index < -0.39 is 84.6 Å². The number of aromatic nitrogens is 4. The maximum Gasteiger partial charge on any atom is 0.481 e. The molecule has 3 heterocycles. The molecular formula is C24H38N7O17P3S. The van der Waals surface area contributed by atoms with Crippen LogP contribution in [0, 0.1) is 5.41 Å². The first-order chi connectivity index (χ1) is 24.1. The molecular weight excluding hydrogens is 783 g/mol. The van der Waals surface area contributed by atoms with Crippen molar-refractivity contribution in [3.63, 3.8) is 0 Å². The van der Waals surface area contributed by atoms with Gasteiger partial charge in [-0.05, 0) is 6.08 Å². The zero-order valence-electron chi connectivity index (χ0n) is 27.4. The molecule has 3 rings (SSSR count). The van der Waals surface area contributed by atoms with Crippen molar-refractivity contribution in [1.29, 1.82) is 0 Å². The van der Waals surface area contributed by atoms with Gasteiger partial charge in [-0.1, -0.05) is 32.2 Å². The van der Waals surface area contributed by atoms with E-state index in [-0.39, 0.29) is 41.6 Å². The highest BCUT2D eigenvalue weighted by molar-refractivity contribution is 8.14. The number of phosphoric ester groups is 3. The van der Waals surface area contributed by atoms with Crippen LogP contribution < -0.4 is 16.4 Å². The molecule has 0 radical (unpaired) electrons. The molecule has 52 heavy (non-hydrogen) atoms. The minimum atomic E-state index is -5.56. The highest BCUT2D eigenvalue weighted by Crippen LogP contribution is 2.61. The fraction of sp³-hybridized carbons (Fsp3) is 0.583. The Morgan fingerprint density at radius 3 is 2.44 bits per heavy atom. The predicted molar refractivity (Wildman–Crippen MR) is 177 cm³/mol. The number of nitrogen functional groups attached to an aromatic ring is 1. The first-order valence-corrected chi connectivity index (χ1v) is 20.2. The second-order valence-corrected chi connectivity index (χ2v) is 16.8. The molecule has 1 saturated heterocycles. The van der Waals surface area contributed by atoms with Gasteiger partial charge in [-0.25, -0.2) is 28.6 Å². The fourth-order valence-electron chi connectivity index (χ4n) is 4.34. The molecule has 2 amide bonds. The van der Waals surface area contributed by atoms with Gasteiger partial charge in [0.05, 0.1) is 19.5 Å². The Hall–Kier alpha value is -2.70. The minimum absolute atomic E-state index is 0.0290. The topological polar surface area (TPSA) is 364 Å². The average molecular weight is 822 g/mol. The van der Waals surface area contributed by atoms with Crippen LogP contribution in [0.15, 0.2) is 25.3 Å². The van der Waals surface area contributed by atoms with Crippen LogP contribution in [0.25, 0.3) is 11.2 Å². The van der Waals surface area contributed by atoms with Gasteiger partial charge in [-0.2, -0.15) is 4.31 Å². The van der Waals surface area contributed by atoms with Crippen LogP contribution in [0.1, 0.15) is 26.5 Å². The second-order valence-electron chi connectivity index (χ2n) is 11.4. The Kier molecular flexibility index (Phi) is 15.2. The summed E-state index contributed by atoms with van der Waals surface area (Å²) in [5.74, 6) is -1.18. The van der Waals surface area contributed by atoms with Crippen molar-refractivity contribution in [3.8, 4) is 0 Å². The van der Waals surface area contributed by atoms with Crippen LogP contribution in [-0.4, -0.2) is 123 Å². The summed E-state index contributed by atoms with van der Waals surface area (Å²) in [5, 5.41) is 25.9. The Labute approximate surface area is 298 Å². The number of aliphatic hydroxyl groups is 2. The number of imidazole rings is 1. The van der Waals surface area contributed by atoms with Gasteiger partial charge >= 0.3 is 23.5 Å². The Morgan fingerprint density at radius 2 is 1.79 bits per heavy atom. The van der Waals surface area contributed by atoms with E-state index in [0.29, 0.717) is 5.75 Å². The number of hydrogen-bond acceptors (Lipinski definition) is 18. The lowest BCUT2D eigenvalue weighted by Gasteiger charge is -2.30. The number of ether oxygens (including phenoxy) is 1. The van der Waals surface area contributed by atoms with Crippen molar-refractivity contribution in [2.24, 2.45) is 5.41 Å². The average Bonchev–Trinajstić information content (AvgIpc) is 3.60. The monoisotopic (exact) mass is 821 g/mol. The highest BCUT2D eigenvalue weighted by atomic mass is 32.2. The van der Waals surface area contributed by atoms with Gasteiger partial charge in [0.25, 0.3) is 0 Å². The number of nitrogens with one attached hydrogen (secondary N) is 2. The fourth-order valence-corrected chi connectivity index (χ4v) is 7.69. The SMILES string of the molecule is C=CC(=O)SCCNC(=O)CCNC(=O)[C@H](O)C(C)(C)COP(=O)(O)OP(=O)(O)OC[C@H]1O[C@@H](n2cnc3c(N)ncnc32)[C@H](O)[C@@H]1OP(=O)(O)O. The second kappa shape index (κ2) is 18.1. The molecule has 2 aromatic heterocycles. The van der Waals surface area contributed by atoms with Gasteiger partial charge in [0, 0.05) is 30.7 Å². The number of nitrogens with two attached hydrogens (primary N) is 1. The molecule has 292 valence electrons. The minimum Gasteiger partial charge on any atom is -0.386 e. The molecule has 1 aliphatic rings. The third-order valence-corrected chi connectivity index (χ3v) is 10.9. The Bertz CT molecular complexity index is 1760. The van der Waals surface area contributed by atoms with Crippen molar-refractivity contribution in [3.05, 3.63) is 25.3 Å². The summed E-state index contributed by atoms with van der Waals surface area (Å²) in [6, 6.07) is 0. The van der Waals surface area contributed by atoms with Crippen LogP contribution in [0.4, 0.5) is 5.82 Å². The van der Waals surface area contributed by atoms with Crippen LogP contribution in [0.5, 0.6) is 0 Å². The van der Waals surface area contributed by atoms with Crippen LogP contribution >= 0.6 is 35.2 Å². The molecule has 1 aliphatic heterocycles. The van der Waals surface area contributed by atoms with Crippen molar-refractivity contribution >= 4 is 69.1 Å². The van der Waals surface area contributed by atoms with Crippen LogP contribution in [-0.2, 0) is 50.7 Å². The van der Waals surface area contributed by atoms with Crippen molar-refractivity contribution in [2.45, 2.75) is 50.9 Å². The molecule has 7 atom stereocenters. The zero-order chi connectivity index (χ0) is 39.1. The number of rotatable bonds is 20. The molecule has 1 fully saturated rings.